The molecule has 0 fully saturated rings. The Bertz CT molecular complexity index is 793. The van der Waals surface area contributed by atoms with Gasteiger partial charge in [-0.3, -0.25) is 4.79 Å². The molecule has 5 heteroatoms. The highest BCUT2D eigenvalue weighted by molar-refractivity contribution is 6.30. The van der Waals surface area contributed by atoms with Crippen molar-refractivity contribution in [3.8, 4) is 0 Å². The Hall–Kier alpha value is -2.33. The van der Waals surface area contributed by atoms with Crippen LogP contribution in [0.1, 0.15) is 11.4 Å². The van der Waals surface area contributed by atoms with Crippen molar-refractivity contribution in [3.63, 3.8) is 0 Å². The molecule has 0 bridgehead atoms. The predicted molar refractivity (Wildman–Crippen MR) is 84.6 cm³/mol. The number of rotatable bonds is 3. The number of aromatic nitrogens is 2. The van der Waals surface area contributed by atoms with Crippen LogP contribution in [0.4, 0.5) is 5.69 Å². The van der Waals surface area contributed by atoms with Crippen molar-refractivity contribution < 1.29 is 4.79 Å². The predicted octanol–water partition coefficient (Wildman–Crippen LogP) is 3.71. The molecule has 106 valence electrons. The van der Waals surface area contributed by atoms with Crippen molar-refractivity contribution in [2.75, 3.05) is 5.32 Å². The molecule has 21 heavy (non-hydrogen) atoms. The summed E-state index contributed by atoms with van der Waals surface area (Å²) in [5.74, 6) is 0.806. The largest absolute Gasteiger partial charge is 0.342 e. The van der Waals surface area contributed by atoms with Gasteiger partial charge in [-0.1, -0.05) is 17.7 Å². The van der Waals surface area contributed by atoms with Gasteiger partial charge in [0.15, 0.2) is 0 Å². The van der Waals surface area contributed by atoms with Gasteiger partial charge in [0.2, 0.25) is 5.91 Å². The molecule has 0 radical (unpaired) electrons. The van der Waals surface area contributed by atoms with E-state index in [1.165, 1.54) is 0 Å². The number of benzene rings is 2. The van der Waals surface area contributed by atoms with Crippen LogP contribution in [0.2, 0.25) is 5.02 Å². The minimum Gasteiger partial charge on any atom is -0.342 e. The van der Waals surface area contributed by atoms with E-state index in [-0.39, 0.29) is 5.91 Å². The Labute approximate surface area is 127 Å². The smallest absolute Gasteiger partial charge is 0.228 e. The summed E-state index contributed by atoms with van der Waals surface area (Å²) in [7, 11) is 0. The quantitative estimate of drug-likeness (QED) is 0.774. The molecule has 0 saturated carbocycles. The minimum atomic E-state index is -0.0621. The van der Waals surface area contributed by atoms with E-state index in [0.29, 0.717) is 11.4 Å². The average Bonchev–Trinajstić information content (AvgIpc) is 2.80. The molecular formula is C16H14ClN3O. The number of amides is 1. The van der Waals surface area contributed by atoms with E-state index in [9.17, 15) is 4.79 Å². The second-order valence-corrected chi connectivity index (χ2v) is 5.34. The van der Waals surface area contributed by atoms with Crippen LogP contribution in [0, 0.1) is 6.92 Å². The first kappa shape index (κ1) is 13.6. The molecule has 0 aliphatic carbocycles. The summed E-state index contributed by atoms with van der Waals surface area (Å²) in [6.07, 6.45) is 0.316. The van der Waals surface area contributed by atoms with Gasteiger partial charge in [0, 0.05) is 10.7 Å². The molecular weight excluding hydrogens is 286 g/mol. The molecule has 2 N–H and O–H groups in total. The van der Waals surface area contributed by atoms with E-state index in [1.807, 2.05) is 25.1 Å². The van der Waals surface area contributed by atoms with Crippen molar-refractivity contribution in [1.29, 1.82) is 0 Å². The molecule has 1 aromatic heterocycles. The molecule has 0 atom stereocenters. The Kier molecular flexibility index (Phi) is 3.62. The first-order valence-corrected chi connectivity index (χ1v) is 6.98. The van der Waals surface area contributed by atoms with Gasteiger partial charge in [0.05, 0.1) is 17.5 Å². The number of carbonyl (C=O) groups excluding carboxylic acids is 1. The number of hydrogen-bond donors (Lipinski definition) is 2. The number of nitrogens with one attached hydrogen (secondary N) is 2. The fraction of sp³-hybridized carbons (Fsp3) is 0.125. The van der Waals surface area contributed by atoms with Gasteiger partial charge in [-0.05, 0) is 48.9 Å². The van der Waals surface area contributed by atoms with Gasteiger partial charge in [-0.15, -0.1) is 0 Å². The zero-order valence-electron chi connectivity index (χ0n) is 11.5. The lowest BCUT2D eigenvalue weighted by molar-refractivity contribution is -0.115. The Balaban J connectivity index is 1.71. The molecule has 1 heterocycles. The summed E-state index contributed by atoms with van der Waals surface area (Å²) >= 11 is 5.81. The number of hydrogen-bond acceptors (Lipinski definition) is 2. The van der Waals surface area contributed by atoms with Crippen LogP contribution in [-0.2, 0) is 11.2 Å². The van der Waals surface area contributed by atoms with E-state index in [0.717, 1.165) is 28.1 Å². The number of H-pyrrole nitrogens is 1. The van der Waals surface area contributed by atoms with Crippen LogP contribution in [0.15, 0.2) is 42.5 Å². The number of halogens is 1. The highest BCUT2D eigenvalue weighted by atomic mass is 35.5. The highest BCUT2D eigenvalue weighted by Gasteiger charge is 2.06. The van der Waals surface area contributed by atoms with Crippen molar-refractivity contribution in [2.24, 2.45) is 0 Å². The maximum absolute atomic E-state index is 12.0. The first-order chi connectivity index (χ1) is 10.1. The molecule has 1 amide bonds. The highest BCUT2D eigenvalue weighted by Crippen LogP contribution is 2.16. The fourth-order valence-corrected chi connectivity index (χ4v) is 2.34. The third kappa shape index (κ3) is 3.23. The topological polar surface area (TPSA) is 57.8 Å². The number of nitrogens with zero attached hydrogens (tertiary/aromatic N) is 1. The summed E-state index contributed by atoms with van der Waals surface area (Å²) < 4.78 is 0. The lowest BCUT2D eigenvalue weighted by Gasteiger charge is -2.05. The number of fused-ring (bicyclic) bond motifs is 1. The Morgan fingerprint density at radius 3 is 2.76 bits per heavy atom. The lowest BCUT2D eigenvalue weighted by Crippen LogP contribution is -2.14. The molecule has 2 aromatic carbocycles. The van der Waals surface area contributed by atoms with E-state index < -0.39 is 0 Å². The summed E-state index contributed by atoms with van der Waals surface area (Å²) in [4.78, 5) is 19.5. The van der Waals surface area contributed by atoms with Crippen LogP contribution in [0.5, 0.6) is 0 Å². The van der Waals surface area contributed by atoms with Gasteiger partial charge in [0.1, 0.15) is 5.82 Å². The van der Waals surface area contributed by atoms with Crippen molar-refractivity contribution in [3.05, 3.63) is 58.9 Å². The van der Waals surface area contributed by atoms with Crippen LogP contribution >= 0.6 is 11.6 Å². The minimum absolute atomic E-state index is 0.0621. The zero-order chi connectivity index (χ0) is 14.8. The van der Waals surface area contributed by atoms with Crippen LogP contribution in [0.25, 0.3) is 11.0 Å². The van der Waals surface area contributed by atoms with Gasteiger partial charge in [0.25, 0.3) is 0 Å². The van der Waals surface area contributed by atoms with Crippen LogP contribution in [0.3, 0.4) is 0 Å². The van der Waals surface area contributed by atoms with Gasteiger partial charge in [-0.25, -0.2) is 4.98 Å². The van der Waals surface area contributed by atoms with Crippen molar-refractivity contribution in [1.82, 2.24) is 9.97 Å². The molecule has 3 aromatic rings. The molecule has 0 aliphatic rings. The number of aromatic amines is 1. The summed E-state index contributed by atoms with van der Waals surface area (Å²) in [6, 6.07) is 12.8. The SMILES string of the molecule is Cc1nc2ccc(CC(=O)Nc3ccc(Cl)cc3)cc2[nH]1. The van der Waals surface area contributed by atoms with Gasteiger partial charge < -0.3 is 10.3 Å². The fourth-order valence-electron chi connectivity index (χ4n) is 2.22. The van der Waals surface area contributed by atoms with Crippen LogP contribution < -0.4 is 5.32 Å². The third-order valence-corrected chi connectivity index (χ3v) is 3.41. The standard InChI is InChI=1S/C16H14ClN3O/c1-10-18-14-7-2-11(8-15(14)19-10)9-16(21)20-13-5-3-12(17)4-6-13/h2-8H,9H2,1H3,(H,18,19)(H,20,21). The van der Waals surface area contributed by atoms with Crippen LogP contribution in [-0.4, -0.2) is 15.9 Å². The van der Waals surface area contributed by atoms with E-state index in [2.05, 4.69) is 15.3 Å². The zero-order valence-corrected chi connectivity index (χ0v) is 12.2. The number of carbonyl (C=O) groups is 1. The lowest BCUT2D eigenvalue weighted by atomic mass is 10.1. The normalized spacial score (nSPS) is 10.8. The van der Waals surface area contributed by atoms with Crippen molar-refractivity contribution >= 4 is 34.2 Å². The first-order valence-electron chi connectivity index (χ1n) is 6.61. The van der Waals surface area contributed by atoms with E-state index in [1.54, 1.807) is 24.3 Å². The van der Waals surface area contributed by atoms with Gasteiger partial charge in [-0.2, -0.15) is 0 Å². The second-order valence-electron chi connectivity index (χ2n) is 4.91. The molecule has 0 unspecified atom stereocenters. The number of aryl methyl sites for hydroxylation is 1. The van der Waals surface area contributed by atoms with Gasteiger partial charge >= 0.3 is 0 Å². The maximum Gasteiger partial charge on any atom is 0.228 e. The van der Waals surface area contributed by atoms with E-state index >= 15 is 0 Å². The second kappa shape index (κ2) is 5.58. The molecule has 0 spiro atoms. The monoisotopic (exact) mass is 299 g/mol. The maximum atomic E-state index is 12.0. The molecule has 4 nitrogen and oxygen atoms in total. The number of imidazole rings is 1. The summed E-state index contributed by atoms with van der Waals surface area (Å²) in [5.41, 5.74) is 3.54. The summed E-state index contributed by atoms with van der Waals surface area (Å²) in [5, 5.41) is 3.49. The molecule has 0 saturated heterocycles. The Morgan fingerprint density at radius 2 is 2.00 bits per heavy atom. The Morgan fingerprint density at radius 1 is 1.24 bits per heavy atom. The van der Waals surface area contributed by atoms with E-state index in [4.69, 9.17) is 11.6 Å². The molecule has 0 aliphatic heterocycles. The van der Waals surface area contributed by atoms with Crippen molar-refractivity contribution in [2.45, 2.75) is 13.3 Å². The number of anilines is 1. The third-order valence-electron chi connectivity index (χ3n) is 3.16. The average molecular weight is 300 g/mol. The molecule has 3 rings (SSSR count). The summed E-state index contributed by atoms with van der Waals surface area (Å²) in [6.45, 7) is 1.91.